The largest absolute Gasteiger partial charge is 0.457 e. The van der Waals surface area contributed by atoms with Crippen molar-refractivity contribution >= 4 is 5.91 Å². The monoisotopic (exact) mass is 403 g/mol. The minimum Gasteiger partial charge on any atom is -0.457 e. The molecule has 0 aliphatic carbocycles. The number of H-pyrrole nitrogens is 1. The number of nitriles is 1. The van der Waals surface area contributed by atoms with Crippen molar-refractivity contribution in [3.05, 3.63) is 66.1 Å². The smallest absolute Gasteiger partial charge is 0.272 e. The summed E-state index contributed by atoms with van der Waals surface area (Å²) in [4.78, 5) is 16.4. The second-order valence-corrected chi connectivity index (χ2v) is 7.48. The van der Waals surface area contributed by atoms with Crippen molar-refractivity contribution in [2.75, 3.05) is 6.54 Å². The van der Waals surface area contributed by atoms with Gasteiger partial charge in [0.05, 0.1) is 30.4 Å². The highest BCUT2D eigenvalue weighted by Crippen LogP contribution is 2.41. The highest BCUT2D eigenvalue weighted by Gasteiger charge is 2.60. The average Bonchev–Trinajstić information content (AvgIpc) is 3.08. The van der Waals surface area contributed by atoms with E-state index in [1.807, 2.05) is 25.1 Å². The molecule has 0 spiro atoms. The van der Waals surface area contributed by atoms with E-state index in [0.717, 1.165) is 0 Å². The minimum absolute atomic E-state index is 0.0242. The standard InChI is InChI=1S/C22H18FN5O2/c1-13-21-19(11-27(13)12-24)28(21)22(29)18-10-17(25-26-18)16-4-2-3-5-20(16)30-15-8-6-14(23)7-9-15/h2-10,13,19,21H,11H2,1H3,(H,25,26)/t13?,19?,21-,28?/m0/s1. The Kier molecular flexibility index (Phi) is 4.17. The molecule has 1 N–H and O–H groups in total. The number of halogens is 1. The Morgan fingerprint density at radius 3 is 2.73 bits per heavy atom. The van der Waals surface area contributed by atoms with Gasteiger partial charge in [-0.25, -0.2) is 4.39 Å². The Morgan fingerprint density at radius 1 is 1.27 bits per heavy atom. The maximum absolute atomic E-state index is 13.1. The zero-order valence-electron chi connectivity index (χ0n) is 16.1. The summed E-state index contributed by atoms with van der Waals surface area (Å²) < 4.78 is 19.0. The van der Waals surface area contributed by atoms with Gasteiger partial charge in [0.15, 0.2) is 6.19 Å². The summed E-state index contributed by atoms with van der Waals surface area (Å²) >= 11 is 0. The Balaban J connectivity index is 1.36. The van der Waals surface area contributed by atoms with E-state index in [0.29, 0.717) is 35.0 Å². The van der Waals surface area contributed by atoms with Crippen LogP contribution in [0.15, 0.2) is 54.6 Å². The second-order valence-electron chi connectivity index (χ2n) is 7.48. The molecule has 2 fully saturated rings. The van der Waals surface area contributed by atoms with Gasteiger partial charge in [0.25, 0.3) is 5.91 Å². The number of fused-ring (bicyclic) bond motifs is 1. The number of aromatic amines is 1. The summed E-state index contributed by atoms with van der Waals surface area (Å²) in [6, 6.07) is 15.0. The number of rotatable bonds is 4. The number of para-hydroxylation sites is 1. The molecule has 2 aliphatic heterocycles. The van der Waals surface area contributed by atoms with Crippen LogP contribution in [0.2, 0.25) is 0 Å². The summed E-state index contributed by atoms with van der Waals surface area (Å²) in [5.74, 6) is 0.600. The number of hydrogen-bond donors (Lipinski definition) is 1. The predicted molar refractivity (Wildman–Crippen MR) is 106 cm³/mol. The van der Waals surface area contributed by atoms with Crippen LogP contribution < -0.4 is 4.74 Å². The molecule has 7 nitrogen and oxygen atoms in total. The highest BCUT2D eigenvalue weighted by molar-refractivity contribution is 5.96. The predicted octanol–water partition coefficient (Wildman–Crippen LogP) is 3.39. The first-order valence-electron chi connectivity index (χ1n) is 9.64. The molecule has 2 saturated heterocycles. The summed E-state index contributed by atoms with van der Waals surface area (Å²) in [6.45, 7) is 2.53. The van der Waals surface area contributed by atoms with Gasteiger partial charge < -0.3 is 14.5 Å². The number of likely N-dealkylation sites (tertiary alicyclic amines) is 1. The lowest BCUT2D eigenvalue weighted by atomic mass is 10.1. The third-order valence-electron chi connectivity index (χ3n) is 5.73. The van der Waals surface area contributed by atoms with Crippen molar-refractivity contribution in [1.82, 2.24) is 20.0 Å². The molecule has 1 amide bonds. The Bertz CT molecular complexity index is 1150. The summed E-state index contributed by atoms with van der Waals surface area (Å²) in [5, 5.41) is 16.2. The maximum atomic E-state index is 13.1. The van der Waals surface area contributed by atoms with E-state index in [2.05, 4.69) is 16.4 Å². The van der Waals surface area contributed by atoms with Crippen molar-refractivity contribution < 1.29 is 13.9 Å². The molecule has 2 unspecified atom stereocenters. The lowest BCUT2D eigenvalue weighted by molar-refractivity contribution is 0.0827. The summed E-state index contributed by atoms with van der Waals surface area (Å²) in [6.07, 6.45) is 2.17. The molecule has 3 atom stereocenters. The molecule has 2 aromatic carbocycles. The van der Waals surface area contributed by atoms with Crippen LogP contribution in [-0.4, -0.2) is 50.6 Å². The van der Waals surface area contributed by atoms with Gasteiger partial charge in [-0.1, -0.05) is 12.1 Å². The molecule has 3 heterocycles. The van der Waals surface area contributed by atoms with Gasteiger partial charge in [-0.2, -0.15) is 10.4 Å². The molecular weight excluding hydrogens is 385 g/mol. The van der Waals surface area contributed by atoms with Crippen LogP contribution in [0.5, 0.6) is 11.5 Å². The molecule has 8 heteroatoms. The second kappa shape index (κ2) is 6.88. The molecule has 150 valence electrons. The van der Waals surface area contributed by atoms with Crippen LogP contribution in [0.3, 0.4) is 0 Å². The van der Waals surface area contributed by atoms with E-state index in [-0.39, 0.29) is 29.8 Å². The zero-order chi connectivity index (χ0) is 20.8. The first-order chi connectivity index (χ1) is 14.6. The third-order valence-corrected chi connectivity index (χ3v) is 5.73. The van der Waals surface area contributed by atoms with Crippen LogP contribution >= 0.6 is 0 Å². The van der Waals surface area contributed by atoms with Gasteiger partial charge in [-0.05, 0) is 49.4 Å². The summed E-state index contributed by atoms with van der Waals surface area (Å²) in [5.41, 5.74) is 1.69. The van der Waals surface area contributed by atoms with Crippen LogP contribution in [-0.2, 0) is 0 Å². The molecule has 5 rings (SSSR count). The molecule has 1 aromatic heterocycles. The Hall–Kier alpha value is -3.86. The molecule has 0 radical (unpaired) electrons. The number of carbonyl (C=O) groups excluding carboxylic acids is 1. The molecule has 2 aliphatic rings. The fourth-order valence-corrected chi connectivity index (χ4v) is 4.13. The number of ether oxygens (including phenoxy) is 1. The number of carbonyl (C=O) groups is 1. The van der Waals surface area contributed by atoms with Gasteiger partial charge in [0, 0.05) is 5.56 Å². The fraction of sp³-hybridized carbons (Fsp3) is 0.227. The first kappa shape index (κ1) is 18.2. The zero-order valence-corrected chi connectivity index (χ0v) is 16.1. The van der Waals surface area contributed by atoms with Crippen molar-refractivity contribution in [1.29, 1.82) is 5.26 Å². The van der Waals surface area contributed by atoms with E-state index in [1.54, 1.807) is 34.1 Å². The van der Waals surface area contributed by atoms with E-state index < -0.39 is 0 Å². The highest BCUT2D eigenvalue weighted by atomic mass is 19.1. The molecule has 0 bridgehead atoms. The van der Waals surface area contributed by atoms with E-state index in [1.165, 1.54) is 12.1 Å². The number of nitrogens with zero attached hydrogens (tertiary/aromatic N) is 4. The lowest BCUT2D eigenvalue weighted by Gasteiger charge is -2.20. The number of amides is 1. The third kappa shape index (κ3) is 2.95. The van der Waals surface area contributed by atoms with Crippen LogP contribution in [0.4, 0.5) is 4.39 Å². The normalized spacial score (nSPS) is 21.8. The van der Waals surface area contributed by atoms with Crippen molar-refractivity contribution in [3.63, 3.8) is 0 Å². The quantitative estimate of drug-likeness (QED) is 0.533. The molecule has 0 saturated carbocycles. The van der Waals surface area contributed by atoms with Gasteiger partial charge in [-0.15, -0.1) is 0 Å². The SMILES string of the molecule is CC1[C@H]2C(CN1C#N)N2C(=O)c1cc(-c2ccccc2Oc2ccc(F)cc2)n[nH]1. The van der Waals surface area contributed by atoms with Crippen molar-refractivity contribution in [2.24, 2.45) is 0 Å². The van der Waals surface area contributed by atoms with Gasteiger partial charge >= 0.3 is 0 Å². The fourth-order valence-electron chi connectivity index (χ4n) is 4.13. The topological polar surface area (TPSA) is 85.0 Å². The van der Waals surface area contributed by atoms with Crippen LogP contribution in [0.25, 0.3) is 11.3 Å². The van der Waals surface area contributed by atoms with Crippen LogP contribution in [0.1, 0.15) is 17.4 Å². The van der Waals surface area contributed by atoms with Crippen molar-refractivity contribution in [2.45, 2.75) is 25.0 Å². The Morgan fingerprint density at radius 2 is 2.03 bits per heavy atom. The van der Waals surface area contributed by atoms with Crippen LogP contribution in [0, 0.1) is 17.3 Å². The van der Waals surface area contributed by atoms with Crippen molar-refractivity contribution in [3.8, 4) is 28.9 Å². The van der Waals surface area contributed by atoms with Gasteiger partial charge in [0.1, 0.15) is 23.0 Å². The number of nitrogens with one attached hydrogen (secondary N) is 1. The minimum atomic E-state index is -0.335. The maximum Gasteiger partial charge on any atom is 0.272 e. The number of piperazine rings is 1. The first-order valence-corrected chi connectivity index (χ1v) is 9.64. The van der Waals surface area contributed by atoms with E-state index >= 15 is 0 Å². The Labute approximate surface area is 172 Å². The lowest BCUT2D eigenvalue weighted by Crippen LogP contribution is -2.35. The molecular formula is C22H18FN5O2. The number of benzene rings is 2. The van der Waals surface area contributed by atoms with Gasteiger partial charge in [-0.3, -0.25) is 9.89 Å². The summed E-state index contributed by atoms with van der Waals surface area (Å²) in [7, 11) is 0. The number of hydrogen-bond acceptors (Lipinski definition) is 5. The van der Waals surface area contributed by atoms with Gasteiger partial charge in [0.2, 0.25) is 0 Å². The van der Waals surface area contributed by atoms with E-state index in [9.17, 15) is 9.18 Å². The average molecular weight is 403 g/mol. The number of aromatic nitrogens is 2. The molecule has 3 aromatic rings. The van der Waals surface area contributed by atoms with E-state index in [4.69, 9.17) is 10.00 Å². The molecule has 30 heavy (non-hydrogen) atoms.